The topological polar surface area (TPSA) is 47.6 Å². The lowest BCUT2D eigenvalue weighted by atomic mass is 9.73. The maximum absolute atomic E-state index is 13.6. The third-order valence-electron chi connectivity index (χ3n) is 6.17. The maximum atomic E-state index is 13.6. The van der Waals surface area contributed by atoms with Crippen molar-refractivity contribution in [1.82, 2.24) is 5.32 Å². The summed E-state index contributed by atoms with van der Waals surface area (Å²) >= 11 is 5.88. The summed E-state index contributed by atoms with van der Waals surface area (Å²) in [5, 5.41) is 7.57. The van der Waals surface area contributed by atoms with E-state index in [1.807, 2.05) is 33.2 Å². The van der Waals surface area contributed by atoms with Gasteiger partial charge in [0.2, 0.25) is 0 Å². The van der Waals surface area contributed by atoms with Crippen LogP contribution in [0.15, 0.2) is 59.8 Å². The van der Waals surface area contributed by atoms with E-state index in [0.29, 0.717) is 18.1 Å². The molecule has 5 nitrogen and oxygen atoms in total. The number of allylic oxidation sites excluding steroid dienone is 1. The van der Waals surface area contributed by atoms with Gasteiger partial charge in [0.15, 0.2) is 10.9 Å². The van der Waals surface area contributed by atoms with Gasteiger partial charge in [0.1, 0.15) is 0 Å². The van der Waals surface area contributed by atoms with E-state index >= 15 is 0 Å². The van der Waals surface area contributed by atoms with Crippen molar-refractivity contribution in [2.75, 3.05) is 35.8 Å². The first-order chi connectivity index (χ1) is 15.2. The molecule has 2 N–H and O–H groups in total. The smallest absolute Gasteiger partial charge is 0.174 e. The Bertz CT molecular complexity index is 1070. The minimum Gasteiger partial charge on any atom is -0.378 e. The van der Waals surface area contributed by atoms with Crippen LogP contribution in [0.5, 0.6) is 0 Å². The van der Waals surface area contributed by atoms with E-state index in [2.05, 4.69) is 70.7 Å². The van der Waals surface area contributed by atoms with E-state index in [1.165, 1.54) is 0 Å². The predicted octanol–water partition coefficient (Wildman–Crippen LogP) is 5.26. The van der Waals surface area contributed by atoms with Crippen molar-refractivity contribution in [3.63, 3.8) is 0 Å². The molecule has 1 heterocycles. The number of ketones is 1. The average molecular weight is 449 g/mol. The van der Waals surface area contributed by atoms with Crippen molar-refractivity contribution < 1.29 is 4.79 Å². The lowest BCUT2D eigenvalue weighted by molar-refractivity contribution is -0.118. The number of anilines is 3. The second-order valence-electron chi connectivity index (χ2n) is 9.57. The molecule has 6 heteroatoms. The molecule has 0 saturated carbocycles. The number of benzene rings is 2. The van der Waals surface area contributed by atoms with Gasteiger partial charge >= 0.3 is 0 Å². The van der Waals surface area contributed by atoms with E-state index in [1.54, 1.807) is 0 Å². The van der Waals surface area contributed by atoms with Gasteiger partial charge < -0.3 is 20.4 Å². The molecule has 1 aliphatic heterocycles. The zero-order valence-electron chi connectivity index (χ0n) is 19.5. The fourth-order valence-corrected chi connectivity index (χ4v) is 5.07. The Morgan fingerprint density at radius 3 is 2.50 bits per heavy atom. The molecule has 0 radical (unpaired) electrons. The van der Waals surface area contributed by atoms with E-state index in [4.69, 9.17) is 12.2 Å². The number of fused-ring (bicyclic) bond motifs is 1. The molecule has 0 amide bonds. The van der Waals surface area contributed by atoms with Gasteiger partial charge in [-0.15, -0.1) is 0 Å². The second kappa shape index (κ2) is 8.58. The van der Waals surface area contributed by atoms with Crippen LogP contribution in [0.25, 0.3) is 0 Å². The summed E-state index contributed by atoms with van der Waals surface area (Å²) in [6, 6.07) is 16.3. The largest absolute Gasteiger partial charge is 0.378 e. The van der Waals surface area contributed by atoms with Gasteiger partial charge in [0, 0.05) is 44.0 Å². The SMILES string of the molecule is CCNC(=S)N1c2ccccc2NC2=C(C(=O)CC(C)(C)C2)[C@H]1c1ccc(N(C)C)cc1. The van der Waals surface area contributed by atoms with Crippen molar-refractivity contribution in [1.29, 1.82) is 0 Å². The van der Waals surface area contributed by atoms with Crippen LogP contribution in [0.4, 0.5) is 17.1 Å². The van der Waals surface area contributed by atoms with E-state index in [-0.39, 0.29) is 17.2 Å². The molecule has 0 unspecified atom stereocenters. The summed E-state index contributed by atoms with van der Waals surface area (Å²) in [4.78, 5) is 17.8. The molecule has 1 aliphatic carbocycles. The van der Waals surface area contributed by atoms with E-state index in [0.717, 1.165) is 40.3 Å². The summed E-state index contributed by atoms with van der Waals surface area (Å²) in [6.45, 7) is 7.07. The molecular formula is C26H32N4OS. The van der Waals surface area contributed by atoms with E-state index in [9.17, 15) is 4.79 Å². The maximum Gasteiger partial charge on any atom is 0.174 e. The van der Waals surface area contributed by atoms with Gasteiger partial charge in [0.05, 0.1) is 17.4 Å². The van der Waals surface area contributed by atoms with Crippen LogP contribution in [0.1, 0.15) is 45.2 Å². The number of nitrogens with one attached hydrogen (secondary N) is 2. The molecule has 32 heavy (non-hydrogen) atoms. The van der Waals surface area contributed by atoms with Crippen molar-refractivity contribution in [2.45, 2.75) is 39.7 Å². The van der Waals surface area contributed by atoms with Gasteiger partial charge in [-0.05, 0) is 60.8 Å². The summed E-state index contributed by atoms with van der Waals surface area (Å²) in [5.41, 5.74) is 5.84. The highest BCUT2D eigenvalue weighted by molar-refractivity contribution is 7.80. The lowest BCUT2D eigenvalue weighted by Gasteiger charge is -2.38. The number of para-hydroxylation sites is 2. The second-order valence-corrected chi connectivity index (χ2v) is 9.96. The van der Waals surface area contributed by atoms with Crippen molar-refractivity contribution in [3.05, 3.63) is 65.4 Å². The first-order valence-electron chi connectivity index (χ1n) is 11.2. The number of carbonyl (C=O) groups is 1. The Balaban J connectivity index is 1.96. The molecule has 168 valence electrons. The van der Waals surface area contributed by atoms with Crippen molar-refractivity contribution >= 4 is 40.2 Å². The summed E-state index contributed by atoms with van der Waals surface area (Å²) in [6.07, 6.45) is 1.34. The molecule has 1 atom stereocenters. The Hall–Kier alpha value is -2.86. The number of carbonyl (C=O) groups excluding carboxylic acids is 1. The zero-order valence-corrected chi connectivity index (χ0v) is 20.3. The fraction of sp³-hybridized carbons (Fsp3) is 0.385. The van der Waals surface area contributed by atoms with E-state index < -0.39 is 0 Å². The van der Waals surface area contributed by atoms with Crippen LogP contribution >= 0.6 is 12.2 Å². The van der Waals surface area contributed by atoms with Gasteiger partial charge in [0.25, 0.3) is 0 Å². The molecular weight excluding hydrogens is 416 g/mol. The number of hydrogen-bond acceptors (Lipinski definition) is 4. The number of hydrogen-bond donors (Lipinski definition) is 2. The Labute approximate surface area is 196 Å². The fourth-order valence-electron chi connectivity index (χ4n) is 4.72. The molecule has 2 aromatic carbocycles. The highest BCUT2D eigenvalue weighted by Crippen LogP contribution is 2.48. The normalized spacial score (nSPS) is 19.5. The van der Waals surface area contributed by atoms with Crippen LogP contribution < -0.4 is 20.4 Å². The Kier molecular flexibility index (Phi) is 5.99. The summed E-state index contributed by atoms with van der Waals surface area (Å²) in [7, 11) is 4.06. The number of thiocarbonyl (C=S) groups is 1. The number of nitrogens with zero attached hydrogens (tertiary/aromatic N) is 2. The highest BCUT2D eigenvalue weighted by Gasteiger charge is 2.42. The highest BCUT2D eigenvalue weighted by atomic mass is 32.1. The Morgan fingerprint density at radius 1 is 1.16 bits per heavy atom. The predicted molar refractivity (Wildman–Crippen MR) is 137 cm³/mol. The van der Waals surface area contributed by atoms with Crippen LogP contribution in [0.3, 0.4) is 0 Å². The third kappa shape index (κ3) is 4.11. The summed E-state index contributed by atoms with van der Waals surface area (Å²) < 4.78 is 0. The quantitative estimate of drug-likeness (QED) is 0.625. The van der Waals surface area contributed by atoms with Gasteiger partial charge in [-0.3, -0.25) is 4.79 Å². The van der Waals surface area contributed by atoms with Crippen LogP contribution in [0.2, 0.25) is 0 Å². The average Bonchev–Trinajstić information content (AvgIpc) is 2.87. The monoisotopic (exact) mass is 448 g/mol. The zero-order chi connectivity index (χ0) is 23.0. The minimum absolute atomic E-state index is 0.0888. The third-order valence-corrected chi connectivity index (χ3v) is 6.51. The van der Waals surface area contributed by atoms with Gasteiger partial charge in [-0.1, -0.05) is 38.1 Å². The lowest BCUT2D eigenvalue weighted by Crippen LogP contribution is -2.44. The standard InChI is InChI=1S/C26H32N4OS/c1-6-27-25(32)30-21-10-8-7-9-19(21)28-20-15-26(2,3)16-22(31)23(20)24(30)17-11-13-18(14-12-17)29(4)5/h7-14,24,28H,6,15-16H2,1-5H3,(H,27,32)/t24-/m1/s1. The molecule has 2 aliphatic rings. The molecule has 0 saturated heterocycles. The van der Waals surface area contributed by atoms with Crippen molar-refractivity contribution in [3.8, 4) is 0 Å². The molecule has 0 fully saturated rings. The van der Waals surface area contributed by atoms with Crippen LogP contribution in [-0.4, -0.2) is 31.5 Å². The number of rotatable bonds is 3. The molecule has 0 aromatic heterocycles. The van der Waals surface area contributed by atoms with Crippen LogP contribution in [-0.2, 0) is 4.79 Å². The first kappa shape index (κ1) is 22.3. The first-order valence-corrected chi connectivity index (χ1v) is 11.6. The Morgan fingerprint density at radius 2 is 1.84 bits per heavy atom. The molecule has 0 spiro atoms. The van der Waals surface area contributed by atoms with Gasteiger partial charge in [-0.25, -0.2) is 0 Å². The minimum atomic E-state index is -0.299. The number of Topliss-reactive ketones (excluding diaryl/α,β-unsaturated/α-hetero) is 1. The molecule has 0 bridgehead atoms. The van der Waals surface area contributed by atoms with Crippen LogP contribution in [0, 0.1) is 5.41 Å². The summed E-state index contributed by atoms with van der Waals surface area (Å²) in [5.74, 6) is 0.183. The van der Waals surface area contributed by atoms with Crippen molar-refractivity contribution in [2.24, 2.45) is 5.41 Å². The van der Waals surface area contributed by atoms with Gasteiger partial charge in [-0.2, -0.15) is 0 Å². The molecule has 2 aromatic rings. The molecule has 4 rings (SSSR count).